The molecule has 1 heterocycles. The van der Waals surface area contributed by atoms with Crippen LogP contribution < -0.4 is 10.6 Å². The zero-order chi connectivity index (χ0) is 14.0. The average Bonchev–Trinajstić information content (AvgIpc) is 2.38. The fraction of sp³-hybridized carbons (Fsp3) is 0.538. The van der Waals surface area contributed by atoms with Gasteiger partial charge in [0.15, 0.2) is 0 Å². The minimum Gasteiger partial charge on any atom is -0.369 e. The summed E-state index contributed by atoms with van der Waals surface area (Å²) in [7, 11) is -0.324. The van der Waals surface area contributed by atoms with Crippen LogP contribution >= 0.6 is 0 Å². The van der Waals surface area contributed by atoms with E-state index in [2.05, 4.69) is 4.90 Å². The Morgan fingerprint density at radius 1 is 1.32 bits per heavy atom. The number of anilines is 1. The van der Waals surface area contributed by atoms with E-state index >= 15 is 0 Å². The summed E-state index contributed by atoms with van der Waals surface area (Å²) < 4.78 is 25.9. The molecule has 1 unspecified atom stereocenters. The molecule has 0 aromatic heterocycles. The molecule has 1 aliphatic rings. The van der Waals surface area contributed by atoms with Crippen molar-refractivity contribution in [1.29, 1.82) is 0 Å². The normalized spacial score (nSPS) is 20.8. The lowest BCUT2D eigenvalue weighted by Crippen LogP contribution is -2.43. The summed E-state index contributed by atoms with van der Waals surface area (Å²) >= 11 is 0. The Labute approximate surface area is 115 Å². The Morgan fingerprint density at radius 2 is 2.00 bits per heavy atom. The molecule has 2 N–H and O–H groups in total. The van der Waals surface area contributed by atoms with E-state index in [0.717, 1.165) is 25.1 Å². The number of nitrogens with zero attached hydrogens (tertiary/aromatic N) is 2. The minimum absolute atomic E-state index is 0.115. The fourth-order valence-electron chi connectivity index (χ4n) is 2.36. The first-order valence-electron chi connectivity index (χ1n) is 6.45. The first kappa shape index (κ1) is 14.3. The Hall–Kier alpha value is -1.11. The lowest BCUT2D eigenvalue weighted by molar-refractivity contribution is 0.499. The minimum atomic E-state index is -3.42. The molecular formula is C13H21N3O2S. The van der Waals surface area contributed by atoms with Gasteiger partial charge in [-0.2, -0.15) is 0 Å². The van der Waals surface area contributed by atoms with Gasteiger partial charge >= 0.3 is 0 Å². The van der Waals surface area contributed by atoms with Gasteiger partial charge in [0.05, 0.1) is 5.69 Å². The number of benzene rings is 1. The Kier molecular flexibility index (Phi) is 4.13. The summed E-state index contributed by atoms with van der Waals surface area (Å²) in [6, 6.07) is 7.25. The van der Waals surface area contributed by atoms with E-state index in [1.165, 1.54) is 4.31 Å². The number of rotatable bonds is 3. The summed E-state index contributed by atoms with van der Waals surface area (Å²) in [6.45, 7) is 1.56. The Bertz CT molecular complexity index is 543. The maximum atomic E-state index is 12.3. The van der Waals surface area contributed by atoms with E-state index < -0.39 is 10.0 Å². The van der Waals surface area contributed by atoms with Crippen LogP contribution in [0.5, 0.6) is 0 Å². The average molecular weight is 283 g/mol. The third-order valence-electron chi connectivity index (χ3n) is 3.42. The molecule has 0 amide bonds. The maximum absolute atomic E-state index is 12.3. The molecule has 1 atom stereocenters. The topological polar surface area (TPSA) is 66.6 Å². The van der Waals surface area contributed by atoms with Gasteiger partial charge in [-0.3, -0.25) is 0 Å². The van der Waals surface area contributed by atoms with Crippen molar-refractivity contribution in [2.45, 2.75) is 23.8 Å². The van der Waals surface area contributed by atoms with Gasteiger partial charge in [-0.1, -0.05) is 12.1 Å². The summed E-state index contributed by atoms with van der Waals surface area (Å²) in [4.78, 5) is 2.43. The molecule has 1 aromatic carbocycles. The standard InChI is InChI=1S/C13H21N3O2S/c1-15(2)19(17,18)13-8-4-3-7-12(13)16-9-5-6-11(14)10-16/h3-4,7-8,11H,5-6,9-10,14H2,1-2H3. The molecule has 0 bridgehead atoms. The van der Waals surface area contributed by atoms with Crippen LogP contribution in [-0.2, 0) is 10.0 Å². The second-order valence-electron chi connectivity index (χ2n) is 5.10. The van der Waals surface area contributed by atoms with Gasteiger partial charge in [0.1, 0.15) is 4.90 Å². The second kappa shape index (κ2) is 5.48. The van der Waals surface area contributed by atoms with Crippen molar-refractivity contribution in [2.24, 2.45) is 5.73 Å². The van der Waals surface area contributed by atoms with Crippen LogP contribution in [0.25, 0.3) is 0 Å². The second-order valence-corrected chi connectivity index (χ2v) is 7.22. The molecule has 6 heteroatoms. The van der Waals surface area contributed by atoms with Gasteiger partial charge in [0.25, 0.3) is 0 Å². The van der Waals surface area contributed by atoms with Crippen molar-refractivity contribution in [1.82, 2.24) is 4.31 Å². The molecule has 19 heavy (non-hydrogen) atoms. The molecule has 0 aliphatic carbocycles. The molecule has 1 fully saturated rings. The predicted molar refractivity (Wildman–Crippen MR) is 76.7 cm³/mol. The van der Waals surface area contributed by atoms with Crippen molar-refractivity contribution in [2.75, 3.05) is 32.1 Å². The quantitative estimate of drug-likeness (QED) is 0.893. The SMILES string of the molecule is CN(C)S(=O)(=O)c1ccccc1N1CCCC(N)C1. The number of sulfonamides is 1. The fourth-order valence-corrected chi connectivity index (χ4v) is 3.47. The Morgan fingerprint density at radius 3 is 2.63 bits per heavy atom. The van der Waals surface area contributed by atoms with Crippen LogP contribution in [-0.4, -0.2) is 45.9 Å². The van der Waals surface area contributed by atoms with Crippen molar-refractivity contribution < 1.29 is 8.42 Å². The van der Waals surface area contributed by atoms with Crippen LogP contribution in [0.3, 0.4) is 0 Å². The molecule has 1 aliphatic heterocycles. The lowest BCUT2D eigenvalue weighted by Gasteiger charge is -2.34. The van der Waals surface area contributed by atoms with Crippen LogP contribution in [0.4, 0.5) is 5.69 Å². The van der Waals surface area contributed by atoms with Gasteiger partial charge in [-0.05, 0) is 25.0 Å². The number of hydrogen-bond acceptors (Lipinski definition) is 4. The van der Waals surface area contributed by atoms with E-state index in [4.69, 9.17) is 5.73 Å². The number of piperidine rings is 1. The van der Waals surface area contributed by atoms with Crippen LogP contribution in [0, 0.1) is 0 Å². The zero-order valence-electron chi connectivity index (χ0n) is 11.4. The highest BCUT2D eigenvalue weighted by molar-refractivity contribution is 7.89. The molecule has 0 spiro atoms. The zero-order valence-corrected chi connectivity index (χ0v) is 12.2. The first-order chi connectivity index (χ1) is 8.93. The van der Waals surface area contributed by atoms with Gasteiger partial charge < -0.3 is 10.6 Å². The highest BCUT2D eigenvalue weighted by Crippen LogP contribution is 2.28. The number of hydrogen-bond donors (Lipinski definition) is 1. The number of para-hydroxylation sites is 1. The smallest absolute Gasteiger partial charge is 0.244 e. The molecule has 1 saturated heterocycles. The van der Waals surface area contributed by atoms with E-state index in [1.807, 2.05) is 12.1 Å². The lowest BCUT2D eigenvalue weighted by atomic mass is 10.1. The molecule has 5 nitrogen and oxygen atoms in total. The van der Waals surface area contributed by atoms with Gasteiger partial charge in [0.2, 0.25) is 10.0 Å². The van der Waals surface area contributed by atoms with Crippen molar-refractivity contribution >= 4 is 15.7 Å². The third kappa shape index (κ3) is 2.91. The largest absolute Gasteiger partial charge is 0.369 e. The first-order valence-corrected chi connectivity index (χ1v) is 7.89. The highest BCUT2D eigenvalue weighted by Gasteiger charge is 2.25. The van der Waals surface area contributed by atoms with Crippen molar-refractivity contribution in [3.05, 3.63) is 24.3 Å². The molecule has 2 rings (SSSR count). The van der Waals surface area contributed by atoms with Crippen LogP contribution in [0.2, 0.25) is 0 Å². The van der Waals surface area contributed by atoms with E-state index in [-0.39, 0.29) is 6.04 Å². The highest BCUT2D eigenvalue weighted by atomic mass is 32.2. The summed E-state index contributed by atoms with van der Waals surface area (Å²) in [5.74, 6) is 0. The monoisotopic (exact) mass is 283 g/mol. The molecule has 106 valence electrons. The molecule has 0 radical (unpaired) electrons. The summed E-state index contributed by atoms with van der Waals surface area (Å²) in [5, 5.41) is 0. The van der Waals surface area contributed by atoms with Crippen molar-refractivity contribution in [3.63, 3.8) is 0 Å². The van der Waals surface area contributed by atoms with E-state index in [1.54, 1.807) is 26.2 Å². The van der Waals surface area contributed by atoms with E-state index in [9.17, 15) is 8.42 Å². The Balaban J connectivity index is 2.42. The molecule has 0 saturated carbocycles. The van der Waals surface area contributed by atoms with Crippen molar-refractivity contribution in [3.8, 4) is 0 Å². The van der Waals surface area contributed by atoms with Crippen LogP contribution in [0.15, 0.2) is 29.2 Å². The van der Waals surface area contributed by atoms with E-state index in [0.29, 0.717) is 11.4 Å². The van der Waals surface area contributed by atoms with Gasteiger partial charge in [0, 0.05) is 33.2 Å². The third-order valence-corrected chi connectivity index (χ3v) is 5.28. The molecular weight excluding hydrogens is 262 g/mol. The number of nitrogens with two attached hydrogens (primary N) is 1. The summed E-state index contributed by atoms with van der Waals surface area (Å²) in [5.41, 5.74) is 6.74. The van der Waals surface area contributed by atoms with Crippen LogP contribution in [0.1, 0.15) is 12.8 Å². The summed E-state index contributed by atoms with van der Waals surface area (Å²) in [6.07, 6.45) is 2.00. The van der Waals surface area contributed by atoms with Gasteiger partial charge in [-0.15, -0.1) is 0 Å². The van der Waals surface area contributed by atoms with Gasteiger partial charge in [-0.25, -0.2) is 12.7 Å². The molecule has 1 aromatic rings. The predicted octanol–water partition coefficient (Wildman–Crippen LogP) is 0.864. The maximum Gasteiger partial charge on any atom is 0.244 e.